The van der Waals surface area contributed by atoms with Crippen LogP contribution >= 0.6 is 0 Å². The summed E-state index contributed by atoms with van der Waals surface area (Å²) < 4.78 is 5.39. The average molecular weight is 309 g/mol. The first-order valence-electron chi connectivity index (χ1n) is 7.41. The summed E-state index contributed by atoms with van der Waals surface area (Å²) in [5.41, 5.74) is 7.84. The molecule has 5 heteroatoms. The van der Waals surface area contributed by atoms with Gasteiger partial charge in [0.25, 0.3) is 0 Å². The van der Waals surface area contributed by atoms with Crippen LogP contribution in [0.15, 0.2) is 48.5 Å². The second-order valence-electron chi connectivity index (χ2n) is 5.80. The molecule has 0 spiro atoms. The normalized spacial score (nSPS) is 13.7. The van der Waals surface area contributed by atoms with Gasteiger partial charge >= 0.3 is 0 Å². The highest BCUT2D eigenvalue weighted by molar-refractivity contribution is 5.90. The number of rotatable bonds is 5. The highest BCUT2D eigenvalue weighted by Gasteiger charge is 2.33. The lowest BCUT2D eigenvalue weighted by Crippen LogP contribution is -2.30. The van der Waals surface area contributed by atoms with Crippen LogP contribution in [0.25, 0.3) is 10.9 Å². The summed E-state index contributed by atoms with van der Waals surface area (Å²) >= 11 is 0. The topological polar surface area (TPSA) is 81.0 Å². The van der Waals surface area contributed by atoms with Crippen LogP contribution in [0.2, 0.25) is 0 Å². The van der Waals surface area contributed by atoms with Crippen LogP contribution in [-0.4, -0.2) is 23.2 Å². The number of H-pyrrole nitrogens is 1. The van der Waals surface area contributed by atoms with Crippen molar-refractivity contribution in [1.29, 1.82) is 0 Å². The zero-order chi connectivity index (χ0) is 16.4. The molecule has 0 saturated heterocycles. The molecule has 3 N–H and O–H groups in total. The number of primary amides is 1. The maximum absolute atomic E-state index is 11.8. The molecule has 0 aliphatic carbocycles. The van der Waals surface area contributed by atoms with Crippen molar-refractivity contribution in [3.05, 3.63) is 59.7 Å². The average Bonchev–Trinajstić information content (AvgIpc) is 2.98. The minimum absolute atomic E-state index is 0.199. The summed E-state index contributed by atoms with van der Waals surface area (Å²) in [4.78, 5) is 11.8. The largest absolute Gasteiger partial charge is 0.479 e. The molecule has 0 aliphatic heterocycles. The fourth-order valence-corrected chi connectivity index (χ4v) is 3.16. The van der Waals surface area contributed by atoms with Gasteiger partial charge in [-0.05, 0) is 17.2 Å². The minimum Gasteiger partial charge on any atom is -0.479 e. The van der Waals surface area contributed by atoms with E-state index in [2.05, 4.69) is 10.2 Å². The van der Waals surface area contributed by atoms with Gasteiger partial charge in [0.05, 0.1) is 18.0 Å². The first kappa shape index (κ1) is 15.1. The number of ether oxygens (including phenoxy) is 1. The van der Waals surface area contributed by atoms with Crippen molar-refractivity contribution in [3.8, 4) is 5.88 Å². The summed E-state index contributed by atoms with van der Waals surface area (Å²) in [6, 6.07) is 15.8. The molecule has 1 amide bonds. The third-order valence-corrected chi connectivity index (χ3v) is 4.28. The second-order valence-corrected chi connectivity index (χ2v) is 5.80. The predicted molar refractivity (Wildman–Crippen MR) is 89.4 cm³/mol. The lowest BCUT2D eigenvalue weighted by Gasteiger charge is -2.30. The molecule has 1 atom stereocenters. The number of methoxy groups -OCH3 is 1. The second kappa shape index (κ2) is 5.76. The molecule has 0 bridgehead atoms. The zero-order valence-electron chi connectivity index (χ0n) is 13.2. The van der Waals surface area contributed by atoms with E-state index in [4.69, 9.17) is 10.5 Å². The lowest BCUT2D eigenvalue weighted by atomic mass is 9.72. The van der Waals surface area contributed by atoms with Crippen molar-refractivity contribution < 1.29 is 9.53 Å². The molecular weight excluding hydrogens is 290 g/mol. The molecule has 2 aromatic carbocycles. The summed E-state index contributed by atoms with van der Waals surface area (Å²) in [5.74, 6) is 0.165. The SMILES string of the molecule is COc1n[nH]c2cccc(C(C)(CC(N)=O)c3ccccc3)c12. The van der Waals surface area contributed by atoms with E-state index >= 15 is 0 Å². The van der Waals surface area contributed by atoms with Crippen LogP contribution < -0.4 is 10.5 Å². The Labute approximate surface area is 134 Å². The van der Waals surface area contributed by atoms with Crippen molar-refractivity contribution >= 4 is 16.8 Å². The number of hydrogen-bond acceptors (Lipinski definition) is 3. The van der Waals surface area contributed by atoms with E-state index < -0.39 is 5.41 Å². The standard InChI is InChI=1S/C18H19N3O2/c1-18(11-15(19)22,12-7-4-3-5-8-12)13-9-6-10-14-16(13)17(23-2)21-20-14/h3-10H,11H2,1-2H3,(H2,19,22)(H,20,21). The maximum atomic E-state index is 11.8. The highest BCUT2D eigenvalue weighted by atomic mass is 16.5. The molecule has 0 aliphatic rings. The zero-order valence-corrected chi connectivity index (χ0v) is 13.2. The number of aromatic nitrogens is 2. The predicted octanol–water partition coefficient (Wildman–Crippen LogP) is 2.75. The monoisotopic (exact) mass is 309 g/mol. The number of aromatic amines is 1. The van der Waals surface area contributed by atoms with Gasteiger partial charge in [-0.15, -0.1) is 5.10 Å². The summed E-state index contributed by atoms with van der Waals surface area (Å²) in [7, 11) is 1.58. The Morgan fingerprint density at radius 3 is 2.61 bits per heavy atom. The first-order valence-corrected chi connectivity index (χ1v) is 7.41. The number of hydrogen-bond donors (Lipinski definition) is 2. The van der Waals surface area contributed by atoms with Gasteiger partial charge in [-0.1, -0.05) is 49.4 Å². The van der Waals surface area contributed by atoms with E-state index in [1.54, 1.807) is 7.11 Å². The number of amides is 1. The van der Waals surface area contributed by atoms with Crippen molar-refractivity contribution in [2.45, 2.75) is 18.8 Å². The van der Waals surface area contributed by atoms with E-state index in [1.165, 1.54) is 0 Å². The maximum Gasteiger partial charge on any atom is 0.240 e. The third-order valence-electron chi connectivity index (χ3n) is 4.28. The van der Waals surface area contributed by atoms with Gasteiger partial charge < -0.3 is 10.5 Å². The fraction of sp³-hybridized carbons (Fsp3) is 0.222. The number of fused-ring (bicyclic) bond motifs is 1. The molecule has 3 rings (SSSR count). The van der Waals surface area contributed by atoms with Crippen molar-refractivity contribution in [2.24, 2.45) is 5.73 Å². The summed E-state index contributed by atoms with van der Waals surface area (Å²) in [5, 5.41) is 8.04. The van der Waals surface area contributed by atoms with Crippen molar-refractivity contribution in [1.82, 2.24) is 10.2 Å². The number of nitrogens with zero attached hydrogens (tertiary/aromatic N) is 1. The van der Waals surface area contributed by atoms with Crippen LogP contribution in [-0.2, 0) is 10.2 Å². The van der Waals surface area contributed by atoms with E-state index in [0.29, 0.717) is 5.88 Å². The third kappa shape index (κ3) is 2.54. The van der Waals surface area contributed by atoms with Crippen molar-refractivity contribution in [2.75, 3.05) is 7.11 Å². The number of carbonyl (C=O) groups excluding carboxylic acids is 1. The fourth-order valence-electron chi connectivity index (χ4n) is 3.16. The van der Waals surface area contributed by atoms with E-state index in [9.17, 15) is 4.79 Å². The number of nitrogens with two attached hydrogens (primary N) is 1. The van der Waals surface area contributed by atoms with Gasteiger partial charge in [0, 0.05) is 11.8 Å². The highest BCUT2D eigenvalue weighted by Crippen LogP contribution is 2.41. The van der Waals surface area contributed by atoms with Gasteiger partial charge in [-0.3, -0.25) is 9.89 Å². The molecule has 0 fully saturated rings. The van der Waals surface area contributed by atoms with Crippen LogP contribution in [0.4, 0.5) is 0 Å². The number of benzene rings is 2. The molecule has 0 saturated carbocycles. The molecule has 118 valence electrons. The van der Waals surface area contributed by atoms with Gasteiger partial charge in [-0.25, -0.2) is 0 Å². The van der Waals surface area contributed by atoms with E-state index in [-0.39, 0.29) is 12.3 Å². The van der Waals surface area contributed by atoms with Gasteiger partial charge in [-0.2, -0.15) is 0 Å². The Balaban J connectivity index is 2.30. The molecule has 1 heterocycles. The van der Waals surface area contributed by atoms with Gasteiger partial charge in [0.1, 0.15) is 0 Å². The van der Waals surface area contributed by atoms with Crippen LogP contribution in [0.1, 0.15) is 24.5 Å². The number of nitrogens with one attached hydrogen (secondary N) is 1. The Kier molecular flexibility index (Phi) is 3.78. The minimum atomic E-state index is -0.566. The first-order chi connectivity index (χ1) is 11.1. The van der Waals surface area contributed by atoms with Crippen LogP contribution in [0.5, 0.6) is 5.88 Å². The molecule has 0 radical (unpaired) electrons. The van der Waals surface area contributed by atoms with Gasteiger partial charge in [0.2, 0.25) is 11.8 Å². The lowest BCUT2D eigenvalue weighted by molar-refractivity contribution is -0.118. The molecular formula is C18H19N3O2. The molecule has 1 unspecified atom stereocenters. The van der Waals surface area contributed by atoms with Crippen LogP contribution in [0.3, 0.4) is 0 Å². The Hall–Kier alpha value is -2.82. The molecule has 3 aromatic rings. The van der Waals surface area contributed by atoms with Gasteiger partial charge in [0.15, 0.2) is 0 Å². The van der Waals surface area contributed by atoms with Crippen molar-refractivity contribution in [3.63, 3.8) is 0 Å². The number of carbonyl (C=O) groups is 1. The molecule has 5 nitrogen and oxygen atoms in total. The van der Waals surface area contributed by atoms with E-state index in [1.807, 2.05) is 55.5 Å². The summed E-state index contributed by atoms with van der Waals surface area (Å²) in [6.45, 7) is 2.02. The Morgan fingerprint density at radius 1 is 1.22 bits per heavy atom. The summed E-state index contributed by atoms with van der Waals surface area (Å²) in [6.07, 6.45) is 0.199. The Bertz CT molecular complexity index is 842. The Morgan fingerprint density at radius 2 is 1.96 bits per heavy atom. The molecule has 1 aromatic heterocycles. The molecule has 23 heavy (non-hydrogen) atoms. The smallest absolute Gasteiger partial charge is 0.240 e. The van der Waals surface area contributed by atoms with Crippen LogP contribution in [0, 0.1) is 0 Å². The quantitative estimate of drug-likeness (QED) is 0.760. The van der Waals surface area contributed by atoms with E-state index in [0.717, 1.165) is 22.0 Å².